The molecule has 1 aromatic rings. The number of aromatic nitrogens is 1. The van der Waals surface area contributed by atoms with Gasteiger partial charge in [0.2, 0.25) is 0 Å². The summed E-state index contributed by atoms with van der Waals surface area (Å²) in [6.07, 6.45) is 8.21. The van der Waals surface area contributed by atoms with Crippen molar-refractivity contribution in [2.75, 3.05) is 0 Å². The first kappa shape index (κ1) is 10.4. The fraction of sp³-hybridized carbons (Fsp3) is 0.727. The van der Waals surface area contributed by atoms with Crippen LogP contribution in [0.5, 0.6) is 0 Å². The molecule has 0 radical (unpaired) electrons. The molecule has 1 nitrogen and oxygen atoms in total. The van der Waals surface area contributed by atoms with Crippen molar-refractivity contribution < 1.29 is 0 Å². The summed E-state index contributed by atoms with van der Waals surface area (Å²) in [4.78, 5) is 4.58. The third kappa shape index (κ3) is 2.48. The van der Waals surface area contributed by atoms with E-state index in [1.165, 1.54) is 44.2 Å². The van der Waals surface area contributed by atoms with Crippen molar-refractivity contribution in [3.8, 4) is 0 Å². The number of hydrogen-bond donors (Lipinski definition) is 0. The lowest BCUT2D eigenvalue weighted by Crippen LogP contribution is -1.97. The smallest absolute Gasteiger partial charge is 0.108 e. The van der Waals surface area contributed by atoms with Gasteiger partial charge in [0, 0.05) is 11.3 Å². The Morgan fingerprint density at radius 2 is 2.00 bits per heavy atom. The van der Waals surface area contributed by atoms with Gasteiger partial charge < -0.3 is 0 Å². The summed E-state index contributed by atoms with van der Waals surface area (Å²) in [5.41, 5.74) is 1.30. The molecule has 0 N–H and O–H groups in total. The first-order valence-corrected chi connectivity index (χ1v) is 6.82. The van der Waals surface area contributed by atoms with Crippen molar-refractivity contribution in [2.24, 2.45) is 0 Å². The topological polar surface area (TPSA) is 12.9 Å². The molecule has 2 rings (SSSR count). The van der Waals surface area contributed by atoms with Crippen molar-refractivity contribution in [3.63, 3.8) is 0 Å². The minimum atomic E-state index is 0.567. The summed E-state index contributed by atoms with van der Waals surface area (Å²) >= 11 is 7.47. The van der Waals surface area contributed by atoms with Crippen LogP contribution in [-0.2, 0) is 5.88 Å². The van der Waals surface area contributed by atoms with Gasteiger partial charge in [-0.25, -0.2) is 4.98 Å². The molecule has 14 heavy (non-hydrogen) atoms. The highest BCUT2D eigenvalue weighted by atomic mass is 35.5. The van der Waals surface area contributed by atoms with E-state index in [-0.39, 0.29) is 0 Å². The minimum absolute atomic E-state index is 0.567. The molecule has 0 spiro atoms. The van der Waals surface area contributed by atoms with Crippen molar-refractivity contribution in [1.82, 2.24) is 4.98 Å². The first-order valence-electron chi connectivity index (χ1n) is 5.40. The van der Waals surface area contributed by atoms with Gasteiger partial charge in [-0.2, -0.15) is 0 Å². The second-order valence-electron chi connectivity index (χ2n) is 3.99. The summed E-state index contributed by atoms with van der Waals surface area (Å²) < 4.78 is 0. The van der Waals surface area contributed by atoms with Gasteiger partial charge in [-0.1, -0.05) is 25.7 Å². The second-order valence-corrected chi connectivity index (χ2v) is 5.20. The highest BCUT2D eigenvalue weighted by molar-refractivity contribution is 7.09. The maximum Gasteiger partial charge on any atom is 0.108 e. The number of rotatable bonds is 2. The van der Waals surface area contributed by atoms with Crippen molar-refractivity contribution >= 4 is 22.9 Å². The number of alkyl halides is 1. The molecule has 1 aliphatic carbocycles. The molecule has 0 amide bonds. The molecule has 0 bridgehead atoms. The zero-order valence-corrected chi connectivity index (χ0v) is 9.91. The lowest BCUT2D eigenvalue weighted by molar-refractivity contribution is 0.580. The number of thiazole rings is 1. The Hall–Kier alpha value is -0.0800. The molecule has 1 aromatic heterocycles. The third-order valence-electron chi connectivity index (χ3n) is 2.96. The normalized spacial score (nSPS) is 19.5. The third-order valence-corrected chi connectivity index (χ3v) is 4.24. The molecule has 0 aromatic carbocycles. The van der Waals surface area contributed by atoms with Gasteiger partial charge in [-0.3, -0.25) is 0 Å². The van der Waals surface area contributed by atoms with E-state index in [4.69, 9.17) is 11.6 Å². The Labute approximate surface area is 94.5 Å². The number of nitrogens with zero attached hydrogens (tertiary/aromatic N) is 1. The van der Waals surface area contributed by atoms with Crippen LogP contribution in [0.25, 0.3) is 0 Å². The summed E-state index contributed by atoms with van der Waals surface area (Å²) in [6, 6.07) is 0. The summed E-state index contributed by atoms with van der Waals surface area (Å²) in [5, 5.41) is 3.28. The van der Waals surface area contributed by atoms with Crippen molar-refractivity contribution in [3.05, 3.63) is 16.1 Å². The van der Waals surface area contributed by atoms with E-state index in [0.717, 1.165) is 5.01 Å². The molecule has 1 fully saturated rings. The largest absolute Gasteiger partial charge is 0.245 e. The molecular formula is C11H16ClNS. The monoisotopic (exact) mass is 229 g/mol. The first-order chi connectivity index (χ1) is 6.90. The van der Waals surface area contributed by atoms with E-state index < -0.39 is 0 Å². The zero-order chi connectivity index (χ0) is 9.80. The molecule has 3 heteroatoms. The Bertz CT molecular complexity index is 277. The van der Waals surface area contributed by atoms with Crippen LogP contribution in [0, 0.1) is 0 Å². The van der Waals surface area contributed by atoms with Crippen LogP contribution in [0.4, 0.5) is 0 Å². The van der Waals surface area contributed by atoms with Gasteiger partial charge >= 0.3 is 0 Å². The Morgan fingerprint density at radius 3 is 2.57 bits per heavy atom. The molecule has 1 aliphatic rings. The molecule has 78 valence electrons. The van der Waals surface area contributed by atoms with Gasteiger partial charge in [-0.15, -0.1) is 22.9 Å². The second kappa shape index (κ2) is 5.13. The fourth-order valence-electron chi connectivity index (χ4n) is 2.15. The minimum Gasteiger partial charge on any atom is -0.245 e. The summed E-state index contributed by atoms with van der Waals surface area (Å²) in [6.45, 7) is 0. The molecule has 0 aliphatic heterocycles. The van der Waals surface area contributed by atoms with E-state index in [1.807, 2.05) is 0 Å². The highest BCUT2D eigenvalue weighted by Gasteiger charge is 2.16. The predicted octanol–water partition coefficient (Wildman–Crippen LogP) is 4.32. The Balaban J connectivity index is 2.04. The van der Waals surface area contributed by atoms with E-state index in [2.05, 4.69) is 10.4 Å². The van der Waals surface area contributed by atoms with Crippen LogP contribution in [0.3, 0.4) is 0 Å². The van der Waals surface area contributed by atoms with E-state index >= 15 is 0 Å². The Morgan fingerprint density at radius 1 is 1.29 bits per heavy atom. The summed E-state index contributed by atoms with van der Waals surface area (Å²) in [7, 11) is 0. The van der Waals surface area contributed by atoms with Crippen LogP contribution in [0.15, 0.2) is 5.38 Å². The van der Waals surface area contributed by atoms with Gasteiger partial charge in [-0.05, 0) is 12.8 Å². The summed E-state index contributed by atoms with van der Waals surface area (Å²) in [5.74, 6) is 1.28. The van der Waals surface area contributed by atoms with Crippen LogP contribution < -0.4 is 0 Å². The van der Waals surface area contributed by atoms with E-state index in [9.17, 15) is 0 Å². The number of halogens is 1. The molecule has 0 saturated heterocycles. The van der Waals surface area contributed by atoms with Crippen LogP contribution in [0.1, 0.15) is 55.1 Å². The molecule has 0 unspecified atom stereocenters. The lowest BCUT2D eigenvalue weighted by atomic mass is 9.98. The van der Waals surface area contributed by atoms with Crippen molar-refractivity contribution in [2.45, 2.75) is 50.3 Å². The molecule has 0 atom stereocenters. The molecule has 1 heterocycles. The number of hydrogen-bond acceptors (Lipinski definition) is 2. The molecule has 1 saturated carbocycles. The Kier molecular flexibility index (Phi) is 3.82. The van der Waals surface area contributed by atoms with Crippen LogP contribution in [-0.4, -0.2) is 4.98 Å². The zero-order valence-electron chi connectivity index (χ0n) is 8.34. The van der Waals surface area contributed by atoms with Gasteiger partial charge in [0.05, 0.1) is 11.6 Å². The fourth-order valence-corrected chi connectivity index (χ4v) is 3.12. The SMILES string of the molecule is ClCc1nc(C2CCCCCC2)cs1. The average Bonchev–Trinajstić information content (AvgIpc) is 2.53. The quantitative estimate of drug-likeness (QED) is 0.544. The lowest BCUT2D eigenvalue weighted by Gasteiger charge is -2.09. The average molecular weight is 230 g/mol. The molecular weight excluding hydrogens is 214 g/mol. The van der Waals surface area contributed by atoms with Crippen molar-refractivity contribution in [1.29, 1.82) is 0 Å². The maximum absolute atomic E-state index is 5.76. The highest BCUT2D eigenvalue weighted by Crippen LogP contribution is 2.32. The standard InChI is InChI=1S/C11H16ClNS/c12-7-11-13-10(8-14-11)9-5-3-1-2-4-6-9/h8-9H,1-7H2. The predicted molar refractivity (Wildman–Crippen MR) is 62.1 cm³/mol. The maximum atomic E-state index is 5.76. The van der Waals surface area contributed by atoms with E-state index in [1.54, 1.807) is 11.3 Å². The van der Waals surface area contributed by atoms with Crippen LogP contribution >= 0.6 is 22.9 Å². The van der Waals surface area contributed by atoms with Gasteiger partial charge in [0.15, 0.2) is 0 Å². The van der Waals surface area contributed by atoms with Gasteiger partial charge in [0.25, 0.3) is 0 Å². The van der Waals surface area contributed by atoms with Gasteiger partial charge in [0.1, 0.15) is 5.01 Å². The van der Waals surface area contributed by atoms with E-state index in [0.29, 0.717) is 11.8 Å². The van der Waals surface area contributed by atoms with Crippen LogP contribution in [0.2, 0.25) is 0 Å².